The van der Waals surface area contributed by atoms with Gasteiger partial charge >= 0.3 is 0 Å². The topological polar surface area (TPSA) is 78.6 Å². The fourth-order valence-corrected chi connectivity index (χ4v) is 3.13. The lowest BCUT2D eigenvalue weighted by atomic mass is 10.1. The summed E-state index contributed by atoms with van der Waals surface area (Å²) in [6.45, 7) is 1.93. The fraction of sp³-hybridized carbons (Fsp3) is 0.357. The molecule has 1 aliphatic carbocycles. The maximum atomic E-state index is 5.41. The van der Waals surface area contributed by atoms with E-state index in [1.165, 1.54) is 6.33 Å². The van der Waals surface area contributed by atoms with Crippen molar-refractivity contribution in [1.82, 2.24) is 28.7 Å². The summed E-state index contributed by atoms with van der Waals surface area (Å²) in [7, 11) is 1.60. The van der Waals surface area contributed by atoms with Crippen LogP contribution in [0.25, 0.3) is 22.4 Å². The summed E-state index contributed by atoms with van der Waals surface area (Å²) in [6, 6.07) is 0. The van der Waals surface area contributed by atoms with E-state index in [1.54, 1.807) is 17.0 Å². The molecular formula is C14H13BrN6O. The van der Waals surface area contributed by atoms with Gasteiger partial charge < -0.3 is 4.74 Å². The molecule has 3 heterocycles. The first kappa shape index (κ1) is 13.6. The Hall–Kier alpha value is -2.09. The van der Waals surface area contributed by atoms with Crippen LogP contribution in [0.2, 0.25) is 0 Å². The molecule has 0 atom stereocenters. The van der Waals surface area contributed by atoms with Crippen molar-refractivity contribution >= 4 is 27.2 Å². The summed E-state index contributed by atoms with van der Waals surface area (Å²) >= 11 is 3.35. The molecule has 112 valence electrons. The number of aryl methyl sites for hydroxylation is 1. The van der Waals surface area contributed by atoms with Gasteiger partial charge in [0.05, 0.1) is 40.8 Å². The Morgan fingerprint density at radius 1 is 1.27 bits per heavy atom. The molecule has 0 bridgehead atoms. The van der Waals surface area contributed by atoms with Crippen LogP contribution < -0.4 is 4.74 Å². The Morgan fingerprint density at radius 3 is 2.82 bits per heavy atom. The average molecular weight is 361 g/mol. The van der Waals surface area contributed by atoms with Crippen LogP contribution in [-0.4, -0.2) is 35.9 Å². The highest BCUT2D eigenvalue weighted by atomic mass is 79.9. The summed E-state index contributed by atoms with van der Waals surface area (Å²) in [5, 5.41) is 4.17. The molecule has 0 saturated heterocycles. The van der Waals surface area contributed by atoms with Gasteiger partial charge in [-0.05, 0) is 19.8 Å². The van der Waals surface area contributed by atoms with Gasteiger partial charge in [-0.25, -0.2) is 19.9 Å². The smallest absolute Gasteiger partial charge is 0.227 e. The quantitative estimate of drug-likeness (QED) is 0.714. The number of halogens is 1. The third-order valence-electron chi connectivity index (χ3n) is 3.77. The van der Waals surface area contributed by atoms with Crippen molar-refractivity contribution in [2.24, 2.45) is 0 Å². The van der Waals surface area contributed by atoms with Gasteiger partial charge in [-0.1, -0.05) is 0 Å². The lowest BCUT2D eigenvalue weighted by Crippen LogP contribution is -2.03. The number of hydrogen-bond acceptors (Lipinski definition) is 6. The van der Waals surface area contributed by atoms with Crippen molar-refractivity contribution in [3.05, 3.63) is 23.9 Å². The zero-order valence-electron chi connectivity index (χ0n) is 12.1. The zero-order valence-corrected chi connectivity index (χ0v) is 13.7. The van der Waals surface area contributed by atoms with Crippen molar-refractivity contribution in [3.63, 3.8) is 0 Å². The van der Waals surface area contributed by atoms with Crippen LogP contribution in [-0.2, 0) is 0 Å². The van der Waals surface area contributed by atoms with Crippen molar-refractivity contribution in [3.8, 4) is 17.3 Å². The summed E-state index contributed by atoms with van der Waals surface area (Å²) in [5.41, 5.74) is 4.22. The highest BCUT2D eigenvalue weighted by molar-refractivity contribution is 9.08. The molecule has 3 aromatic rings. The molecule has 0 N–H and O–H groups in total. The van der Waals surface area contributed by atoms with E-state index in [9.17, 15) is 0 Å². The summed E-state index contributed by atoms with van der Waals surface area (Å²) in [4.78, 5) is 17.9. The second kappa shape index (κ2) is 4.98. The molecule has 1 aliphatic rings. The molecule has 0 spiro atoms. The molecule has 7 nitrogen and oxygen atoms in total. The van der Waals surface area contributed by atoms with Crippen LogP contribution in [0, 0.1) is 6.92 Å². The first-order valence-electron chi connectivity index (χ1n) is 6.97. The molecule has 8 heteroatoms. The van der Waals surface area contributed by atoms with Crippen molar-refractivity contribution in [1.29, 1.82) is 0 Å². The summed E-state index contributed by atoms with van der Waals surface area (Å²) in [5.74, 6) is 1.55. The van der Waals surface area contributed by atoms with Crippen molar-refractivity contribution < 1.29 is 4.74 Å². The lowest BCUT2D eigenvalue weighted by molar-refractivity contribution is 0.397. The van der Waals surface area contributed by atoms with Crippen LogP contribution in [0.1, 0.15) is 30.1 Å². The summed E-state index contributed by atoms with van der Waals surface area (Å²) in [6.07, 6.45) is 5.51. The molecule has 4 rings (SSSR count). The molecule has 3 aromatic heterocycles. The Morgan fingerprint density at radius 2 is 2.09 bits per heavy atom. The van der Waals surface area contributed by atoms with Crippen LogP contribution in [0.4, 0.5) is 0 Å². The normalized spacial score (nSPS) is 14.5. The highest BCUT2D eigenvalue weighted by Gasteiger charge is 2.31. The van der Waals surface area contributed by atoms with Gasteiger partial charge in [0.15, 0.2) is 5.82 Å². The predicted octanol–water partition coefficient (Wildman–Crippen LogP) is 2.64. The number of nitrogens with zero attached hydrogens (tertiary/aromatic N) is 6. The van der Waals surface area contributed by atoms with Crippen LogP contribution in [0.3, 0.4) is 0 Å². The van der Waals surface area contributed by atoms with E-state index in [0.717, 1.165) is 40.8 Å². The third kappa shape index (κ3) is 2.06. The molecule has 22 heavy (non-hydrogen) atoms. The van der Waals surface area contributed by atoms with E-state index in [4.69, 9.17) is 4.74 Å². The number of rotatable bonds is 3. The van der Waals surface area contributed by atoms with Gasteiger partial charge in [0, 0.05) is 5.92 Å². The maximum Gasteiger partial charge on any atom is 0.227 e. The minimum atomic E-state index is 0.449. The van der Waals surface area contributed by atoms with Gasteiger partial charge in [-0.3, -0.25) is 0 Å². The largest absolute Gasteiger partial charge is 0.480 e. The number of fused-ring (bicyclic) bond motifs is 1. The number of hydrogen-bond donors (Lipinski definition) is 0. The second-order valence-corrected chi connectivity index (χ2v) is 5.96. The highest BCUT2D eigenvalue weighted by Crippen LogP contribution is 2.45. The molecule has 0 amide bonds. The van der Waals surface area contributed by atoms with Crippen LogP contribution in [0.15, 0.2) is 12.5 Å². The number of methoxy groups -OCH3 is 1. The van der Waals surface area contributed by atoms with E-state index < -0.39 is 0 Å². The predicted molar refractivity (Wildman–Crippen MR) is 83.9 cm³/mol. The molecule has 1 fully saturated rings. The van der Waals surface area contributed by atoms with E-state index in [-0.39, 0.29) is 0 Å². The van der Waals surface area contributed by atoms with Gasteiger partial charge in [-0.15, -0.1) is 0 Å². The monoisotopic (exact) mass is 360 g/mol. The maximum absolute atomic E-state index is 5.41. The lowest BCUT2D eigenvalue weighted by Gasteiger charge is -2.11. The first-order valence-corrected chi connectivity index (χ1v) is 7.67. The van der Waals surface area contributed by atoms with Gasteiger partial charge in [0.2, 0.25) is 5.88 Å². The van der Waals surface area contributed by atoms with E-state index in [0.29, 0.717) is 17.6 Å². The third-order valence-corrected chi connectivity index (χ3v) is 4.31. The molecule has 0 unspecified atom stereocenters. The SMILES string of the molecule is COc1ncnc(C2CC2)c1-c1nc(C)c2c(cnn2Br)n1. The number of ether oxygens (including phenoxy) is 1. The van der Waals surface area contributed by atoms with E-state index >= 15 is 0 Å². The van der Waals surface area contributed by atoms with E-state index in [2.05, 4.69) is 41.2 Å². The van der Waals surface area contributed by atoms with Gasteiger partial charge in [0.25, 0.3) is 0 Å². The van der Waals surface area contributed by atoms with Crippen LogP contribution >= 0.6 is 16.1 Å². The second-order valence-electron chi connectivity index (χ2n) is 5.29. The van der Waals surface area contributed by atoms with Gasteiger partial charge in [-0.2, -0.15) is 8.81 Å². The Balaban J connectivity index is 1.98. The van der Waals surface area contributed by atoms with Crippen LogP contribution in [0.5, 0.6) is 5.88 Å². The Kier molecular flexibility index (Phi) is 3.07. The molecule has 1 saturated carbocycles. The standard InChI is InChI=1S/C14H13BrN6O/c1-7-12-9(5-18-21(12)15)20-13(19-7)10-11(8-3-4-8)16-6-17-14(10)22-2/h5-6,8H,3-4H2,1-2H3. The molecule has 0 aromatic carbocycles. The zero-order chi connectivity index (χ0) is 15.3. The Bertz CT molecular complexity index is 873. The van der Waals surface area contributed by atoms with E-state index in [1.807, 2.05) is 6.92 Å². The number of aromatic nitrogens is 6. The van der Waals surface area contributed by atoms with Crippen molar-refractivity contribution in [2.75, 3.05) is 7.11 Å². The summed E-state index contributed by atoms with van der Waals surface area (Å²) < 4.78 is 7.01. The molecule has 0 radical (unpaired) electrons. The molecule has 0 aliphatic heterocycles. The molecular weight excluding hydrogens is 348 g/mol. The van der Waals surface area contributed by atoms with Gasteiger partial charge in [0.1, 0.15) is 22.9 Å². The fourth-order valence-electron chi connectivity index (χ4n) is 2.60. The minimum Gasteiger partial charge on any atom is -0.480 e. The average Bonchev–Trinajstić information content (AvgIpc) is 3.30. The Labute approximate surface area is 135 Å². The first-order chi connectivity index (χ1) is 10.7. The van der Waals surface area contributed by atoms with Crippen molar-refractivity contribution in [2.45, 2.75) is 25.7 Å². The minimum absolute atomic E-state index is 0.449.